The quantitative estimate of drug-likeness (QED) is 0.554. The summed E-state index contributed by atoms with van der Waals surface area (Å²) in [5.74, 6) is -0.271. The van der Waals surface area contributed by atoms with E-state index in [1.165, 1.54) is 6.92 Å². The molecule has 3 N–H and O–H groups in total. The molecule has 0 saturated heterocycles. The number of benzene rings is 3. The van der Waals surface area contributed by atoms with E-state index in [-0.39, 0.29) is 11.8 Å². The van der Waals surface area contributed by atoms with Crippen molar-refractivity contribution in [3.8, 4) is 0 Å². The van der Waals surface area contributed by atoms with Gasteiger partial charge in [0.1, 0.15) is 6.04 Å². The van der Waals surface area contributed by atoms with Gasteiger partial charge in [-0.1, -0.05) is 36.4 Å². The molecular formula is C24H25N3O2. The molecule has 2 amide bonds. The van der Waals surface area contributed by atoms with Gasteiger partial charge in [-0.3, -0.25) is 9.59 Å². The Kier molecular flexibility index (Phi) is 6.29. The zero-order valence-electron chi connectivity index (χ0n) is 16.8. The topological polar surface area (TPSA) is 70.2 Å². The summed E-state index contributed by atoms with van der Waals surface area (Å²) in [6.45, 7) is 5.48. The Morgan fingerprint density at radius 2 is 1.31 bits per heavy atom. The molecule has 0 aliphatic rings. The van der Waals surface area contributed by atoms with Gasteiger partial charge in [0, 0.05) is 24.0 Å². The third-order valence-electron chi connectivity index (χ3n) is 4.40. The third-order valence-corrected chi connectivity index (χ3v) is 4.40. The van der Waals surface area contributed by atoms with Crippen molar-refractivity contribution in [2.45, 2.75) is 26.8 Å². The number of hydrogen-bond donors (Lipinski definition) is 3. The standard InChI is InChI=1S/C24H25N3O2/c1-16-13-17(2)15-22(14-16)27-24(29)23(19-7-5-4-6-8-19)26-21-11-9-20(10-12-21)25-18(3)28/h4-15,23,26H,1-3H3,(H,25,28)(H,27,29). The lowest BCUT2D eigenvalue weighted by Crippen LogP contribution is -2.27. The Hall–Kier alpha value is -3.60. The van der Waals surface area contributed by atoms with Crippen LogP contribution in [-0.2, 0) is 9.59 Å². The second kappa shape index (κ2) is 9.06. The van der Waals surface area contributed by atoms with Crippen LogP contribution in [0.2, 0.25) is 0 Å². The Bertz CT molecular complexity index is 978. The maximum Gasteiger partial charge on any atom is 0.251 e. The van der Waals surface area contributed by atoms with Crippen LogP contribution in [0.5, 0.6) is 0 Å². The zero-order chi connectivity index (χ0) is 20.8. The fourth-order valence-corrected chi connectivity index (χ4v) is 3.23. The molecule has 0 aliphatic heterocycles. The van der Waals surface area contributed by atoms with Crippen molar-refractivity contribution in [1.82, 2.24) is 0 Å². The molecule has 3 rings (SSSR count). The van der Waals surface area contributed by atoms with E-state index < -0.39 is 6.04 Å². The molecule has 0 aromatic heterocycles. The number of rotatable bonds is 6. The Labute approximate surface area is 171 Å². The summed E-state index contributed by atoms with van der Waals surface area (Å²) in [4.78, 5) is 24.3. The van der Waals surface area contributed by atoms with Crippen molar-refractivity contribution >= 4 is 28.9 Å². The van der Waals surface area contributed by atoms with Crippen molar-refractivity contribution in [3.63, 3.8) is 0 Å². The van der Waals surface area contributed by atoms with Crippen molar-refractivity contribution < 1.29 is 9.59 Å². The summed E-state index contributed by atoms with van der Waals surface area (Å²) in [5.41, 5.74) is 5.32. The first-order chi connectivity index (χ1) is 13.9. The van der Waals surface area contributed by atoms with E-state index in [2.05, 4.69) is 22.0 Å². The first kappa shape index (κ1) is 20.1. The number of nitrogens with one attached hydrogen (secondary N) is 3. The Morgan fingerprint density at radius 3 is 1.90 bits per heavy atom. The lowest BCUT2D eigenvalue weighted by molar-refractivity contribution is -0.117. The normalized spacial score (nSPS) is 11.4. The summed E-state index contributed by atoms with van der Waals surface area (Å²) in [5, 5.41) is 9.06. The first-order valence-corrected chi connectivity index (χ1v) is 9.49. The highest BCUT2D eigenvalue weighted by Crippen LogP contribution is 2.24. The molecule has 0 radical (unpaired) electrons. The van der Waals surface area contributed by atoms with Crippen molar-refractivity contribution in [2.24, 2.45) is 0 Å². The number of anilines is 3. The second-order valence-corrected chi connectivity index (χ2v) is 7.11. The van der Waals surface area contributed by atoms with Crippen molar-refractivity contribution in [1.29, 1.82) is 0 Å². The van der Waals surface area contributed by atoms with Crippen LogP contribution >= 0.6 is 0 Å². The highest BCUT2D eigenvalue weighted by atomic mass is 16.2. The van der Waals surface area contributed by atoms with Gasteiger partial charge in [0.2, 0.25) is 5.91 Å². The van der Waals surface area contributed by atoms with Crippen LogP contribution in [0, 0.1) is 13.8 Å². The van der Waals surface area contributed by atoms with Gasteiger partial charge in [-0.2, -0.15) is 0 Å². The first-order valence-electron chi connectivity index (χ1n) is 9.49. The highest BCUT2D eigenvalue weighted by Gasteiger charge is 2.21. The van der Waals surface area contributed by atoms with Gasteiger partial charge in [-0.15, -0.1) is 0 Å². The summed E-state index contributed by atoms with van der Waals surface area (Å²) in [7, 11) is 0. The van der Waals surface area contributed by atoms with Crippen molar-refractivity contribution in [3.05, 3.63) is 89.5 Å². The minimum atomic E-state index is -0.566. The molecule has 1 unspecified atom stereocenters. The van der Waals surface area contributed by atoms with E-state index in [4.69, 9.17) is 0 Å². The van der Waals surface area contributed by atoms with E-state index >= 15 is 0 Å². The van der Waals surface area contributed by atoms with E-state index in [9.17, 15) is 9.59 Å². The molecule has 0 spiro atoms. The molecular weight excluding hydrogens is 362 g/mol. The largest absolute Gasteiger partial charge is 0.370 e. The molecule has 5 heteroatoms. The van der Waals surface area contributed by atoms with Gasteiger partial charge in [0.25, 0.3) is 5.91 Å². The summed E-state index contributed by atoms with van der Waals surface area (Å²) >= 11 is 0. The van der Waals surface area contributed by atoms with Crippen LogP contribution in [0.1, 0.15) is 29.7 Å². The Balaban J connectivity index is 1.83. The zero-order valence-corrected chi connectivity index (χ0v) is 16.8. The fraction of sp³-hybridized carbons (Fsp3) is 0.167. The summed E-state index contributed by atoms with van der Waals surface area (Å²) in [6, 6.07) is 22.3. The van der Waals surface area contributed by atoms with E-state index in [0.717, 1.165) is 28.1 Å². The molecule has 0 saturated carbocycles. The summed E-state index contributed by atoms with van der Waals surface area (Å²) < 4.78 is 0. The predicted molar refractivity (Wildman–Crippen MR) is 118 cm³/mol. The molecule has 148 valence electrons. The monoisotopic (exact) mass is 387 g/mol. The van der Waals surface area contributed by atoms with Crippen LogP contribution in [0.3, 0.4) is 0 Å². The smallest absolute Gasteiger partial charge is 0.251 e. The average Bonchev–Trinajstić information content (AvgIpc) is 2.66. The number of carbonyl (C=O) groups is 2. The molecule has 5 nitrogen and oxygen atoms in total. The maximum absolute atomic E-state index is 13.1. The Morgan fingerprint density at radius 1 is 0.724 bits per heavy atom. The SMILES string of the molecule is CC(=O)Nc1ccc(NC(C(=O)Nc2cc(C)cc(C)c2)c2ccccc2)cc1. The van der Waals surface area contributed by atoms with E-state index in [1.807, 2.05) is 68.4 Å². The summed E-state index contributed by atoms with van der Waals surface area (Å²) in [6.07, 6.45) is 0. The van der Waals surface area contributed by atoms with Gasteiger partial charge >= 0.3 is 0 Å². The van der Waals surface area contributed by atoms with Gasteiger partial charge < -0.3 is 16.0 Å². The molecule has 0 fully saturated rings. The minimum absolute atomic E-state index is 0.124. The molecule has 0 aliphatic carbocycles. The molecule has 29 heavy (non-hydrogen) atoms. The van der Waals surface area contributed by atoms with E-state index in [1.54, 1.807) is 12.1 Å². The molecule has 3 aromatic rings. The number of amides is 2. The van der Waals surface area contributed by atoms with Crippen LogP contribution in [0.15, 0.2) is 72.8 Å². The lowest BCUT2D eigenvalue weighted by atomic mass is 10.0. The lowest BCUT2D eigenvalue weighted by Gasteiger charge is -2.20. The van der Waals surface area contributed by atoms with Gasteiger partial charge in [-0.05, 0) is 66.9 Å². The van der Waals surface area contributed by atoms with Crippen LogP contribution in [-0.4, -0.2) is 11.8 Å². The third kappa shape index (κ3) is 5.69. The molecule has 3 aromatic carbocycles. The van der Waals surface area contributed by atoms with Crippen LogP contribution in [0.4, 0.5) is 17.1 Å². The molecule has 0 heterocycles. The maximum atomic E-state index is 13.1. The van der Waals surface area contributed by atoms with E-state index in [0.29, 0.717) is 5.69 Å². The average molecular weight is 387 g/mol. The molecule has 1 atom stereocenters. The number of hydrogen-bond acceptors (Lipinski definition) is 3. The molecule has 0 bridgehead atoms. The highest BCUT2D eigenvalue weighted by molar-refractivity contribution is 5.97. The van der Waals surface area contributed by atoms with Crippen molar-refractivity contribution in [2.75, 3.05) is 16.0 Å². The van der Waals surface area contributed by atoms with Crippen LogP contribution < -0.4 is 16.0 Å². The second-order valence-electron chi connectivity index (χ2n) is 7.11. The fourth-order valence-electron chi connectivity index (χ4n) is 3.23. The number of carbonyl (C=O) groups excluding carboxylic acids is 2. The van der Waals surface area contributed by atoms with Gasteiger partial charge in [-0.25, -0.2) is 0 Å². The predicted octanol–water partition coefficient (Wildman–Crippen LogP) is 5.05. The minimum Gasteiger partial charge on any atom is -0.370 e. The van der Waals surface area contributed by atoms with Gasteiger partial charge in [0.05, 0.1) is 0 Å². The van der Waals surface area contributed by atoms with Gasteiger partial charge in [0.15, 0.2) is 0 Å². The van der Waals surface area contributed by atoms with Crippen LogP contribution in [0.25, 0.3) is 0 Å². The number of aryl methyl sites for hydroxylation is 2.